The number of amides is 2. The van der Waals surface area contributed by atoms with Crippen LogP contribution in [0.5, 0.6) is 11.5 Å². The lowest BCUT2D eigenvalue weighted by atomic mass is 10.2. The van der Waals surface area contributed by atoms with Gasteiger partial charge in [-0.3, -0.25) is 9.59 Å². The minimum Gasteiger partial charge on any atom is -0.497 e. The molecule has 0 fully saturated rings. The second-order valence-corrected chi connectivity index (χ2v) is 6.39. The fourth-order valence-corrected chi connectivity index (χ4v) is 2.41. The molecule has 2 rings (SSSR count). The van der Waals surface area contributed by atoms with Gasteiger partial charge in [0.05, 0.1) is 13.5 Å². The molecule has 2 aromatic carbocycles. The number of carbonyl (C=O) groups is 2. The molecule has 0 heterocycles. The summed E-state index contributed by atoms with van der Waals surface area (Å²) < 4.78 is 10.5. The molecule has 148 valence electrons. The third kappa shape index (κ3) is 6.59. The van der Waals surface area contributed by atoms with E-state index in [1.54, 1.807) is 56.5 Å². The van der Waals surface area contributed by atoms with Crippen molar-refractivity contribution in [1.82, 2.24) is 5.43 Å². The second-order valence-electron chi connectivity index (χ2n) is 5.99. The molecule has 8 heteroatoms. The molecule has 0 atom stereocenters. The highest BCUT2D eigenvalue weighted by Crippen LogP contribution is 2.23. The van der Waals surface area contributed by atoms with E-state index in [4.69, 9.17) is 21.1 Å². The van der Waals surface area contributed by atoms with E-state index in [1.807, 2.05) is 6.92 Å². The number of anilines is 1. The minimum absolute atomic E-state index is 0.0307. The van der Waals surface area contributed by atoms with Crippen LogP contribution in [-0.4, -0.2) is 31.2 Å². The minimum atomic E-state index is -0.437. The van der Waals surface area contributed by atoms with Crippen LogP contribution in [0.3, 0.4) is 0 Å². The van der Waals surface area contributed by atoms with E-state index in [0.717, 1.165) is 5.56 Å². The monoisotopic (exact) mass is 403 g/mol. The standard InChI is InChI=1S/C20H22ClN3O4/c1-13(10-19(25)22-18-9-5-8-17(21)14(18)2)23-24-20(26)12-28-16-7-4-6-15(11-16)27-3/h4-9,11H,10,12H2,1-3H3,(H,22,25)(H,24,26)/b23-13-. The Balaban J connectivity index is 1.80. The van der Waals surface area contributed by atoms with Gasteiger partial charge in [-0.05, 0) is 43.7 Å². The maximum absolute atomic E-state index is 12.1. The summed E-state index contributed by atoms with van der Waals surface area (Å²) in [5.41, 5.74) is 4.24. The topological polar surface area (TPSA) is 89.0 Å². The predicted molar refractivity (Wildman–Crippen MR) is 109 cm³/mol. The first-order valence-electron chi connectivity index (χ1n) is 8.53. The van der Waals surface area contributed by atoms with E-state index in [1.165, 1.54) is 0 Å². The number of hydrogen-bond acceptors (Lipinski definition) is 5. The second kappa shape index (κ2) is 10.3. The van der Waals surface area contributed by atoms with Gasteiger partial charge in [0.15, 0.2) is 6.61 Å². The number of hydrazone groups is 1. The van der Waals surface area contributed by atoms with Crippen molar-refractivity contribution in [3.63, 3.8) is 0 Å². The smallest absolute Gasteiger partial charge is 0.277 e. The molecule has 2 amide bonds. The number of halogens is 1. The molecular weight excluding hydrogens is 382 g/mol. The first-order chi connectivity index (χ1) is 13.4. The van der Waals surface area contributed by atoms with Crippen molar-refractivity contribution in [1.29, 1.82) is 0 Å². The highest BCUT2D eigenvalue weighted by molar-refractivity contribution is 6.31. The normalized spacial score (nSPS) is 10.9. The summed E-state index contributed by atoms with van der Waals surface area (Å²) in [5, 5.41) is 7.27. The van der Waals surface area contributed by atoms with Crippen LogP contribution in [0.15, 0.2) is 47.6 Å². The Morgan fingerprint density at radius 1 is 1.11 bits per heavy atom. The number of nitrogens with one attached hydrogen (secondary N) is 2. The Kier molecular flexibility index (Phi) is 7.83. The summed E-state index contributed by atoms with van der Waals surface area (Å²) in [6, 6.07) is 12.2. The zero-order chi connectivity index (χ0) is 20.5. The van der Waals surface area contributed by atoms with Gasteiger partial charge in [0, 0.05) is 22.5 Å². The lowest BCUT2D eigenvalue weighted by Gasteiger charge is -2.09. The Labute approximate surface area is 168 Å². The maximum Gasteiger partial charge on any atom is 0.277 e. The van der Waals surface area contributed by atoms with Crippen molar-refractivity contribution < 1.29 is 19.1 Å². The number of benzene rings is 2. The highest BCUT2D eigenvalue weighted by Gasteiger charge is 2.09. The fraction of sp³-hybridized carbons (Fsp3) is 0.250. The summed E-state index contributed by atoms with van der Waals surface area (Å²) in [5.74, 6) is 0.445. The summed E-state index contributed by atoms with van der Waals surface area (Å²) in [7, 11) is 1.55. The Hall–Kier alpha value is -3.06. The van der Waals surface area contributed by atoms with E-state index >= 15 is 0 Å². The molecule has 0 aliphatic carbocycles. The third-order valence-corrected chi connectivity index (χ3v) is 4.15. The third-order valence-electron chi connectivity index (χ3n) is 3.74. The molecule has 0 bridgehead atoms. The van der Waals surface area contributed by atoms with E-state index in [2.05, 4.69) is 15.8 Å². The van der Waals surface area contributed by atoms with E-state index < -0.39 is 5.91 Å². The van der Waals surface area contributed by atoms with E-state index in [-0.39, 0.29) is 18.9 Å². The molecule has 0 aromatic heterocycles. The Bertz CT molecular complexity index is 884. The van der Waals surface area contributed by atoms with Gasteiger partial charge in [-0.1, -0.05) is 23.7 Å². The Morgan fingerprint density at radius 3 is 2.57 bits per heavy atom. The molecule has 0 saturated heterocycles. The van der Waals surface area contributed by atoms with Gasteiger partial charge in [-0.2, -0.15) is 5.10 Å². The number of hydrogen-bond donors (Lipinski definition) is 2. The zero-order valence-corrected chi connectivity index (χ0v) is 16.7. The lowest BCUT2D eigenvalue weighted by molar-refractivity contribution is -0.123. The van der Waals surface area contributed by atoms with Crippen LogP contribution in [0.2, 0.25) is 5.02 Å². The molecule has 0 unspecified atom stereocenters. The lowest BCUT2D eigenvalue weighted by Crippen LogP contribution is -2.26. The van der Waals surface area contributed by atoms with Crippen LogP contribution in [-0.2, 0) is 9.59 Å². The van der Waals surface area contributed by atoms with Crippen molar-refractivity contribution >= 4 is 34.8 Å². The highest BCUT2D eigenvalue weighted by atomic mass is 35.5. The number of ether oxygens (including phenoxy) is 2. The first-order valence-corrected chi connectivity index (χ1v) is 8.90. The number of nitrogens with zero attached hydrogens (tertiary/aromatic N) is 1. The van der Waals surface area contributed by atoms with Crippen molar-refractivity contribution in [3.05, 3.63) is 53.1 Å². The van der Waals surface area contributed by atoms with Gasteiger partial charge < -0.3 is 14.8 Å². The summed E-state index contributed by atoms with van der Waals surface area (Å²) >= 11 is 6.04. The maximum atomic E-state index is 12.1. The molecule has 0 aliphatic rings. The largest absolute Gasteiger partial charge is 0.497 e. The summed E-state index contributed by atoms with van der Waals surface area (Å²) in [4.78, 5) is 24.0. The predicted octanol–water partition coefficient (Wildman–Crippen LogP) is 3.56. The van der Waals surface area contributed by atoms with Gasteiger partial charge in [-0.15, -0.1) is 0 Å². The molecule has 0 spiro atoms. The number of methoxy groups -OCH3 is 1. The van der Waals surface area contributed by atoms with Crippen molar-refractivity contribution in [2.75, 3.05) is 19.0 Å². The first kappa shape index (κ1) is 21.2. The molecule has 2 aromatic rings. The molecular formula is C20H22ClN3O4. The fourth-order valence-electron chi connectivity index (χ4n) is 2.24. The van der Waals surface area contributed by atoms with Crippen molar-refractivity contribution in [2.45, 2.75) is 20.3 Å². The quantitative estimate of drug-likeness (QED) is 0.521. The van der Waals surface area contributed by atoms with Crippen LogP contribution >= 0.6 is 11.6 Å². The Morgan fingerprint density at radius 2 is 1.82 bits per heavy atom. The SMILES string of the molecule is COc1cccc(OCC(=O)N/N=C(/C)CC(=O)Nc2cccc(Cl)c2C)c1. The van der Waals surface area contributed by atoms with Gasteiger partial charge in [-0.25, -0.2) is 5.43 Å². The van der Waals surface area contributed by atoms with E-state index in [0.29, 0.717) is 27.9 Å². The summed E-state index contributed by atoms with van der Waals surface area (Å²) in [6.07, 6.45) is 0.0307. The van der Waals surface area contributed by atoms with Crippen LogP contribution in [0.4, 0.5) is 5.69 Å². The van der Waals surface area contributed by atoms with Crippen LogP contribution in [0.1, 0.15) is 18.9 Å². The van der Waals surface area contributed by atoms with E-state index in [9.17, 15) is 9.59 Å². The van der Waals surface area contributed by atoms with Crippen LogP contribution < -0.4 is 20.2 Å². The molecule has 0 saturated carbocycles. The number of carbonyl (C=O) groups excluding carboxylic acids is 2. The molecule has 2 N–H and O–H groups in total. The zero-order valence-electron chi connectivity index (χ0n) is 15.9. The molecule has 28 heavy (non-hydrogen) atoms. The van der Waals surface area contributed by atoms with Gasteiger partial charge in [0.2, 0.25) is 5.91 Å². The van der Waals surface area contributed by atoms with Crippen molar-refractivity contribution in [3.8, 4) is 11.5 Å². The molecule has 0 aliphatic heterocycles. The van der Waals surface area contributed by atoms with Crippen LogP contribution in [0, 0.1) is 6.92 Å². The summed E-state index contributed by atoms with van der Waals surface area (Å²) in [6.45, 7) is 3.26. The van der Waals surface area contributed by atoms with Gasteiger partial charge in [0.1, 0.15) is 11.5 Å². The molecule has 0 radical (unpaired) electrons. The van der Waals surface area contributed by atoms with Crippen molar-refractivity contribution in [2.24, 2.45) is 5.10 Å². The van der Waals surface area contributed by atoms with Gasteiger partial charge in [0.25, 0.3) is 5.91 Å². The number of rotatable bonds is 8. The average molecular weight is 404 g/mol. The van der Waals surface area contributed by atoms with Crippen LogP contribution in [0.25, 0.3) is 0 Å². The average Bonchev–Trinajstić information content (AvgIpc) is 2.68. The van der Waals surface area contributed by atoms with Gasteiger partial charge >= 0.3 is 0 Å². The molecule has 7 nitrogen and oxygen atoms in total.